The van der Waals surface area contributed by atoms with Gasteiger partial charge in [0.1, 0.15) is 5.82 Å². The normalized spacial score (nSPS) is 22.2. The minimum Gasteiger partial charge on any atom is -0.310 e. The van der Waals surface area contributed by atoms with Gasteiger partial charge in [-0.05, 0) is 65.7 Å². The molecule has 1 atom stereocenters. The van der Waals surface area contributed by atoms with Crippen molar-refractivity contribution in [2.24, 2.45) is 0 Å². The molecule has 1 aliphatic rings. The molecular formula is C10H11FIN. The lowest BCUT2D eigenvalue weighted by Crippen LogP contribution is -2.13. The second-order valence-corrected chi connectivity index (χ2v) is 4.60. The van der Waals surface area contributed by atoms with Crippen molar-refractivity contribution in [3.05, 3.63) is 33.1 Å². The summed E-state index contributed by atoms with van der Waals surface area (Å²) in [7, 11) is 0. The van der Waals surface area contributed by atoms with Crippen LogP contribution in [0, 0.1) is 9.39 Å². The molecule has 1 fully saturated rings. The van der Waals surface area contributed by atoms with Gasteiger partial charge in [-0.3, -0.25) is 0 Å². The molecule has 1 aliphatic heterocycles. The molecule has 1 heterocycles. The summed E-state index contributed by atoms with van der Waals surface area (Å²) in [5, 5.41) is 3.36. The van der Waals surface area contributed by atoms with E-state index in [1.807, 2.05) is 6.07 Å². The fraction of sp³-hybridized carbons (Fsp3) is 0.400. The fourth-order valence-corrected chi connectivity index (χ4v) is 2.40. The first-order chi connectivity index (χ1) is 6.25. The molecule has 0 aliphatic carbocycles. The Kier molecular flexibility index (Phi) is 2.83. The maximum absolute atomic E-state index is 13.0. The highest BCUT2D eigenvalue weighted by atomic mass is 127. The first-order valence-electron chi connectivity index (χ1n) is 4.45. The standard InChI is InChI=1S/C10H11FIN/c11-8-4-7(5-9(12)6-8)10-2-1-3-13-10/h4-6,10,13H,1-3H2. The van der Waals surface area contributed by atoms with Crippen LogP contribution in [0.15, 0.2) is 18.2 Å². The van der Waals surface area contributed by atoms with Gasteiger partial charge in [0.05, 0.1) is 0 Å². The molecule has 0 amide bonds. The topological polar surface area (TPSA) is 12.0 Å². The van der Waals surface area contributed by atoms with Crippen LogP contribution in [-0.4, -0.2) is 6.54 Å². The third-order valence-corrected chi connectivity index (χ3v) is 2.97. The molecule has 1 aromatic carbocycles. The second kappa shape index (κ2) is 3.92. The van der Waals surface area contributed by atoms with Crippen LogP contribution in [0.2, 0.25) is 0 Å². The van der Waals surface area contributed by atoms with Crippen LogP contribution in [0.3, 0.4) is 0 Å². The van der Waals surface area contributed by atoms with E-state index in [9.17, 15) is 4.39 Å². The van der Waals surface area contributed by atoms with E-state index in [0.717, 1.165) is 22.1 Å². The quantitative estimate of drug-likeness (QED) is 0.785. The molecule has 13 heavy (non-hydrogen) atoms. The number of nitrogens with one attached hydrogen (secondary N) is 1. The monoisotopic (exact) mass is 291 g/mol. The predicted molar refractivity (Wildman–Crippen MR) is 59.1 cm³/mol. The lowest BCUT2D eigenvalue weighted by molar-refractivity contribution is 0.605. The molecule has 0 bridgehead atoms. The molecule has 0 radical (unpaired) electrons. The largest absolute Gasteiger partial charge is 0.310 e. The van der Waals surface area contributed by atoms with Crippen molar-refractivity contribution in [3.8, 4) is 0 Å². The minimum atomic E-state index is -0.129. The third kappa shape index (κ3) is 2.20. The van der Waals surface area contributed by atoms with Crippen molar-refractivity contribution in [2.75, 3.05) is 6.54 Å². The van der Waals surface area contributed by atoms with E-state index in [1.165, 1.54) is 6.42 Å². The van der Waals surface area contributed by atoms with E-state index in [1.54, 1.807) is 12.1 Å². The van der Waals surface area contributed by atoms with Gasteiger partial charge in [0.15, 0.2) is 0 Å². The molecule has 1 nitrogen and oxygen atoms in total. The zero-order chi connectivity index (χ0) is 9.26. The van der Waals surface area contributed by atoms with Crippen LogP contribution >= 0.6 is 22.6 Å². The summed E-state index contributed by atoms with van der Waals surface area (Å²) in [6, 6.07) is 5.60. The predicted octanol–water partition coefficient (Wildman–Crippen LogP) is 2.85. The van der Waals surface area contributed by atoms with Crippen LogP contribution in [0.5, 0.6) is 0 Å². The first kappa shape index (κ1) is 9.40. The number of rotatable bonds is 1. The van der Waals surface area contributed by atoms with E-state index in [4.69, 9.17) is 0 Å². The van der Waals surface area contributed by atoms with Crippen LogP contribution in [0.1, 0.15) is 24.4 Å². The van der Waals surface area contributed by atoms with Crippen molar-refractivity contribution in [3.63, 3.8) is 0 Å². The maximum Gasteiger partial charge on any atom is 0.124 e. The summed E-state index contributed by atoms with van der Waals surface area (Å²) in [6.45, 7) is 1.05. The van der Waals surface area contributed by atoms with Gasteiger partial charge in [-0.2, -0.15) is 0 Å². The fourth-order valence-electron chi connectivity index (χ4n) is 1.75. The number of hydrogen-bond donors (Lipinski definition) is 1. The number of halogens is 2. The minimum absolute atomic E-state index is 0.129. The molecule has 2 rings (SSSR count). The summed E-state index contributed by atoms with van der Waals surface area (Å²) in [5.41, 5.74) is 1.09. The molecule has 0 aromatic heterocycles. The Balaban J connectivity index is 2.28. The van der Waals surface area contributed by atoms with Crippen molar-refractivity contribution in [1.29, 1.82) is 0 Å². The van der Waals surface area contributed by atoms with Gasteiger partial charge in [-0.25, -0.2) is 4.39 Å². The smallest absolute Gasteiger partial charge is 0.124 e. The molecule has 1 saturated heterocycles. The average molecular weight is 291 g/mol. The molecule has 1 unspecified atom stereocenters. The van der Waals surface area contributed by atoms with Gasteiger partial charge in [-0.1, -0.05) is 0 Å². The molecule has 70 valence electrons. The lowest BCUT2D eigenvalue weighted by Gasteiger charge is -2.10. The highest BCUT2D eigenvalue weighted by Gasteiger charge is 2.16. The average Bonchev–Trinajstić information content (AvgIpc) is 2.53. The molecule has 1 N–H and O–H groups in total. The summed E-state index contributed by atoms with van der Waals surface area (Å²) in [4.78, 5) is 0. The first-order valence-corrected chi connectivity index (χ1v) is 5.53. The van der Waals surface area contributed by atoms with Gasteiger partial charge < -0.3 is 5.32 Å². The van der Waals surface area contributed by atoms with E-state index in [-0.39, 0.29) is 5.82 Å². The zero-order valence-corrected chi connectivity index (χ0v) is 9.34. The number of hydrogen-bond acceptors (Lipinski definition) is 1. The summed E-state index contributed by atoms with van der Waals surface area (Å²) in [6.07, 6.45) is 2.32. The van der Waals surface area contributed by atoms with Crippen LogP contribution in [-0.2, 0) is 0 Å². The highest BCUT2D eigenvalue weighted by Crippen LogP contribution is 2.24. The van der Waals surface area contributed by atoms with E-state index < -0.39 is 0 Å². The molecule has 0 spiro atoms. The summed E-state index contributed by atoms with van der Waals surface area (Å²) in [5.74, 6) is -0.129. The molecule has 3 heteroatoms. The summed E-state index contributed by atoms with van der Waals surface area (Å²) < 4.78 is 14.0. The van der Waals surface area contributed by atoms with Crippen LogP contribution in [0.4, 0.5) is 4.39 Å². The van der Waals surface area contributed by atoms with Gasteiger partial charge in [0.2, 0.25) is 0 Å². The van der Waals surface area contributed by atoms with Gasteiger partial charge in [0.25, 0.3) is 0 Å². The Hall–Kier alpha value is -0.160. The van der Waals surface area contributed by atoms with Gasteiger partial charge >= 0.3 is 0 Å². The van der Waals surface area contributed by atoms with Gasteiger partial charge in [-0.15, -0.1) is 0 Å². The lowest BCUT2D eigenvalue weighted by atomic mass is 10.1. The Bertz CT molecular complexity index is 288. The van der Waals surface area contributed by atoms with Crippen molar-refractivity contribution < 1.29 is 4.39 Å². The number of benzene rings is 1. The highest BCUT2D eigenvalue weighted by molar-refractivity contribution is 14.1. The van der Waals surface area contributed by atoms with E-state index >= 15 is 0 Å². The SMILES string of the molecule is Fc1cc(I)cc(C2CCCN2)c1. The van der Waals surface area contributed by atoms with Crippen molar-refractivity contribution in [1.82, 2.24) is 5.32 Å². The van der Waals surface area contributed by atoms with Crippen LogP contribution in [0.25, 0.3) is 0 Å². The maximum atomic E-state index is 13.0. The summed E-state index contributed by atoms with van der Waals surface area (Å²) >= 11 is 2.15. The molecular weight excluding hydrogens is 280 g/mol. The van der Waals surface area contributed by atoms with Crippen molar-refractivity contribution in [2.45, 2.75) is 18.9 Å². The van der Waals surface area contributed by atoms with Crippen molar-refractivity contribution >= 4 is 22.6 Å². The Morgan fingerprint density at radius 3 is 2.85 bits per heavy atom. The Morgan fingerprint density at radius 1 is 1.38 bits per heavy atom. The zero-order valence-electron chi connectivity index (χ0n) is 7.19. The third-order valence-electron chi connectivity index (χ3n) is 2.35. The van der Waals surface area contributed by atoms with Gasteiger partial charge in [0, 0.05) is 9.61 Å². The second-order valence-electron chi connectivity index (χ2n) is 3.35. The van der Waals surface area contributed by atoms with E-state index in [2.05, 4.69) is 27.9 Å². The molecule has 1 aromatic rings. The Morgan fingerprint density at radius 2 is 2.23 bits per heavy atom. The molecule has 0 saturated carbocycles. The van der Waals surface area contributed by atoms with Crippen LogP contribution < -0.4 is 5.32 Å². The Labute approximate surface area is 90.9 Å². The van der Waals surface area contributed by atoms with E-state index in [0.29, 0.717) is 6.04 Å².